The summed E-state index contributed by atoms with van der Waals surface area (Å²) in [6.45, 7) is 5.80. The van der Waals surface area contributed by atoms with E-state index >= 15 is 0 Å². The molecule has 21 heavy (non-hydrogen) atoms. The summed E-state index contributed by atoms with van der Waals surface area (Å²) in [7, 11) is 0. The van der Waals surface area contributed by atoms with Crippen LogP contribution in [0.2, 0.25) is 0 Å². The standard InChI is InChI=1S/C16H20N2O2S/c1-11-4-5-14(12(2)8-11)18-15(19)17-10-16(3,20)13-6-7-21-9-13/h4-9,20H,10H2,1-3H3,(H2,17,18,19). The predicted molar refractivity (Wildman–Crippen MR) is 86.8 cm³/mol. The molecule has 5 heteroatoms. The van der Waals surface area contributed by atoms with Gasteiger partial charge in [-0.25, -0.2) is 4.79 Å². The Bertz CT molecular complexity index is 621. The topological polar surface area (TPSA) is 61.4 Å². The van der Waals surface area contributed by atoms with E-state index in [0.717, 1.165) is 22.4 Å². The van der Waals surface area contributed by atoms with Crippen molar-refractivity contribution < 1.29 is 9.90 Å². The van der Waals surface area contributed by atoms with Crippen LogP contribution in [-0.2, 0) is 5.60 Å². The van der Waals surface area contributed by atoms with E-state index < -0.39 is 5.60 Å². The highest BCUT2D eigenvalue weighted by Crippen LogP contribution is 2.22. The minimum absolute atomic E-state index is 0.153. The van der Waals surface area contributed by atoms with Gasteiger partial charge < -0.3 is 15.7 Å². The molecule has 0 aliphatic rings. The van der Waals surface area contributed by atoms with Crippen LogP contribution in [0, 0.1) is 13.8 Å². The lowest BCUT2D eigenvalue weighted by Crippen LogP contribution is -2.40. The fourth-order valence-corrected chi connectivity index (χ4v) is 2.83. The van der Waals surface area contributed by atoms with Gasteiger partial charge in [0.25, 0.3) is 0 Å². The number of hydrogen-bond donors (Lipinski definition) is 3. The quantitative estimate of drug-likeness (QED) is 0.811. The first kappa shape index (κ1) is 15.5. The Hall–Kier alpha value is -1.85. The van der Waals surface area contributed by atoms with E-state index in [1.807, 2.05) is 48.9 Å². The Labute approximate surface area is 128 Å². The Morgan fingerprint density at radius 3 is 2.71 bits per heavy atom. The predicted octanol–water partition coefficient (Wildman–Crippen LogP) is 3.39. The third kappa shape index (κ3) is 4.06. The van der Waals surface area contributed by atoms with Crippen molar-refractivity contribution in [1.82, 2.24) is 5.32 Å². The molecule has 0 saturated carbocycles. The van der Waals surface area contributed by atoms with Crippen molar-refractivity contribution in [3.8, 4) is 0 Å². The summed E-state index contributed by atoms with van der Waals surface area (Å²) in [5, 5.41) is 19.6. The van der Waals surface area contributed by atoms with Crippen LogP contribution >= 0.6 is 11.3 Å². The van der Waals surface area contributed by atoms with Crippen molar-refractivity contribution >= 4 is 23.1 Å². The van der Waals surface area contributed by atoms with Gasteiger partial charge in [-0.3, -0.25) is 0 Å². The molecule has 2 rings (SSSR count). The molecule has 0 spiro atoms. The van der Waals surface area contributed by atoms with Crippen molar-refractivity contribution in [3.63, 3.8) is 0 Å². The summed E-state index contributed by atoms with van der Waals surface area (Å²) >= 11 is 1.52. The Morgan fingerprint density at radius 2 is 2.10 bits per heavy atom. The number of carbonyl (C=O) groups is 1. The first-order chi connectivity index (χ1) is 9.88. The fourth-order valence-electron chi connectivity index (χ4n) is 2.05. The molecule has 1 unspecified atom stereocenters. The van der Waals surface area contributed by atoms with Crippen LogP contribution in [-0.4, -0.2) is 17.7 Å². The third-order valence-electron chi connectivity index (χ3n) is 3.37. The van der Waals surface area contributed by atoms with Crippen LogP contribution < -0.4 is 10.6 Å². The Kier molecular flexibility index (Phi) is 4.65. The first-order valence-corrected chi connectivity index (χ1v) is 7.70. The van der Waals surface area contributed by atoms with E-state index in [9.17, 15) is 9.90 Å². The van der Waals surface area contributed by atoms with Gasteiger partial charge in [0.15, 0.2) is 0 Å². The molecule has 1 atom stereocenters. The van der Waals surface area contributed by atoms with E-state index in [4.69, 9.17) is 0 Å². The van der Waals surface area contributed by atoms with Gasteiger partial charge in [-0.05, 0) is 54.8 Å². The van der Waals surface area contributed by atoms with E-state index in [1.54, 1.807) is 6.92 Å². The lowest BCUT2D eigenvalue weighted by molar-refractivity contribution is 0.0604. The summed E-state index contributed by atoms with van der Waals surface area (Å²) in [4.78, 5) is 11.9. The van der Waals surface area contributed by atoms with E-state index in [2.05, 4.69) is 10.6 Å². The monoisotopic (exact) mass is 304 g/mol. The molecule has 1 heterocycles. The summed E-state index contributed by atoms with van der Waals surface area (Å²) in [6, 6.07) is 7.37. The van der Waals surface area contributed by atoms with Gasteiger partial charge in [-0.2, -0.15) is 11.3 Å². The number of urea groups is 1. The maximum absolute atomic E-state index is 11.9. The van der Waals surface area contributed by atoms with Crippen LogP contribution in [0.15, 0.2) is 35.0 Å². The molecule has 0 radical (unpaired) electrons. The molecule has 2 amide bonds. The maximum Gasteiger partial charge on any atom is 0.319 e. The molecule has 0 fully saturated rings. The number of amides is 2. The fraction of sp³-hybridized carbons (Fsp3) is 0.312. The van der Waals surface area contributed by atoms with Crippen LogP contribution in [0.5, 0.6) is 0 Å². The maximum atomic E-state index is 11.9. The Balaban J connectivity index is 1.93. The Morgan fingerprint density at radius 1 is 1.33 bits per heavy atom. The smallest absolute Gasteiger partial charge is 0.319 e. The summed E-state index contributed by atoms with van der Waals surface area (Å²) in [5.41, 5.74) is 2.67. The average Bonchev–Trinajstić information content (AvgIpc) is 2.95. The first-order valence-electron chi connectivity index (χ1n) is 6.75. The molecule has 0 bridgehead atoms. The highest BCUT2D eigenvalue weighted by atomic mass is 32.1. The van der Waals surface area contributed by atoms with Gasteiger partial charge in [0.2, 0.25) is 0 Å². The SMILES string of the molecule is Cc1ccc(NC(=O)NCC(C)(O)c2ccsc2)c(C)c1. The lowest BCUT2D eigenvalue weighted by atomic mass is 9.99. The zero-order valence-electron chi connectivity index (χ0n) is 12.4. The lowest BCUT2D eigenvalue weighted by Gasteiger charge is -2.23. The van der Waals surface area contributed by atoms with Gasteiger partial charge in [-0.15, -0.1) is 0 Å². The van der Waals surface area contributed by atoms with Gasteiger partial charge >= 0.3 is 6.03 Å². The summed E-state index contributed by atoms with van der Waals surface area (Å²) in [5.74, 6) is 0. The van der Waals surface area contributed by atoms with Crippen LogP contribution in [0.1, 0.15) is 23.6 Å². The molecule has 1 aromatic heterocycles. The second kappa shape index (κ2) is 6.28. The number of nitrogens with one attached hydrogen (secondary N) is 2. The molecular weight excluding hydrogens is 284 g/mol. The average molecular weight is 304 g/mol. The van der Waals surface area contributed by atoms with E-state index in [-0.39, 0.29) is 12.6 Å². The van der Waals surface area contributed by atoms with Crippen LogP contribution in [0.3, 0.4) is 0 Å². The number of hydrogen-bond acceptors (Lipinski definition) is 3. The van der Waals surface area contributed by atoms with E-state index in [0.29, 0.717) is 0 Å². The number of rotatable bonds is 4. The number of carbonyl (C=O) groups excluding carboxylic acids is 1. The molecule has 0 saturated heterocycles. The number of aryl methyl sites for hydroxylation is 2. The van der Waals surface area contributed by atoms with Crippen molar-refractivity contribution in [3.05, 3.63) is 51.7 Å². The van der Waals surface area contributed by atoms with Crippen LogP contribution in [0.25, 0.3) is 0 Å². The normalized spacial score (nSPS) is 13.5. The number of thiophene rings is 1. The minimum atomic E-state index is -1.07. The second-order valence-corrected chi connectivity index (χ2v) is 6.19. The molecule has 2 aromatic rings. The highest BCUT2D eigenvalue weighted by molar-refractivity contribution is 7.08. The number of anilines is 1. The van der Waals surface area contributed by atoms with Gasteiger partial charge in [-0.1, -0.05) is 17.7 Å². The van der Waals surface area contributed by atoms with Crippen LogP contribution in [0.4, 0.5) is 10.5 Å². The van der Waals surface area contributed by atoms with Gasteiger partial charge in [0.1, 0.15) is 5.60 Å². The van der Waals surface area contributed by atoms with Crippen molar-refractivity contribution in [2.45, 2.75) is 26.4 Å². The van der Waals surface area contributed by atoms with E-state index in [1.165, 1.54) is 11.3 Å². The van der Waals surface area contributed by atoms with Crippen molar-refractivity contribution in [1.29, 1.82) is 0 Å². The largest absolute Gasteiger partial charge is 0.384 e. The third-order valence-corrected chi connectivity index (χ3v) is 4.05. The van der Waals surface area contributed by atoms with Gasteiger partial charge in [0, 0.05) is 5.69 Å². The molecule has 0 aliphatic carbocycles. The number of aliphatic hydroxyl groups is 1. The molecule has 0 aliphatic heterocycles. The van der Waals surface area contributed by atoms with Gasteiger partial charge in [0.05, 0.1) is 6.54 Å². The summed E-state index contributed by atoms with van der Waals surface area (Å²) in [6.07, 6.45) is 0. The molecule has 112 valence electrons. The molecule has 1 aromatic carbocycles. The second-order valence-electron chi connectivity index (χ2n) is 5.41. The number of benzene rings is 1. The molecule has 3 N–H and O–H groups in total. The zero-order valence-corrected chi connectivity index (χ0v) is 13.3. The minimum Gasteiger partial charge on any atom is -0.384 e. The molecule has 4 nitrogen and oxygen atoms in total. The highest BCUT2D eigenvalue weighted by Gasteiger charge is 2.24. The van der Waals surface area contributed by atoms with Crippen molar-refractivity contribution in [2.75, 3.05) is 11.9 Å². The molecular formula is C16H20N2O2S. The zero-order chi connectivity index (χ0) is 15.5. The van der Waals surface area contributed by atoms with Crippen molar-refractivity contribution in [2.24, 2.45) is 0 Å². The summed E-state index contributed by atoms with van der Waals surface area (Å²) < 4.78 is 0.